The molecule has 1 N–H and O–H groups in total. The largest absolute Gasteiger partial charge is 1.00 e. The van der Waals surface area contributed by atoms with Crippen molar-refractivity contribution in [2.24, 2.45) is 0 Å². The summed E-state index contributed by atoms with van der Waals surface area (Å²) in [7, 11) is 0. The van der Waals surface area contributed by atoms with Crippen LogP contribution in [-0.4, -0.2) is 20.2 Å². The second kappa shape index (κ2) is 5.69. The van der Waals surface area contributed by atoms with E-state index in [1.54, 1.807) is 0 Å². The molecule has 0 aromatic heterocycles. The van der Waals surface area contributed by atoms with E-state index in [2.05, 4.69) is 5.32 Å². The van der Waals surface area contributed by atoms with Crippen molar-refractivity contribution in [1.82, 2.24) is 5.32 Å². The maximum Gasteiger partial charge on any atom is 1.00 e. The maximum absolute atomic E-state index is 9.98. The van der Waals surface area contributed by atoms with Crippen LogP contribution < -0.4 is 34.9 Å². The Morgan fingerprint density at radius 1 is 1.50 bits per heavy atom. The molecular weight excluding hydrogens is 161 g/mol. The SMILES string of the molecule is CC(C)(C)NCS(=O)[O-].[Na+]. The minimum Gasteiger partial charge on any atom is -0.771 e. The van der Waals surface area contributed by atoms with Crippen LogP contribution in [0.15, 0.2) is 0 Å². The van der Waals surface area contributed by atoms with Gasteiger partial charge in [0.15, 0.2) is 0 Å². The molecule has 0 heterocycles. The number of rotatable bonds is 2. The molecule has 1 unspecified atom stereocenters. The van der Waals surface area contributed by atoms with Crippen LogP contribution in [0.25, 0.3) is 0 Å². The third-order valence-electron chi connectivity index (χ3n) is 0.720. The van der Waals surface area contributed by atoms with Gasteiger partial charge in [0.2, 0.25) is 0 Å². The minimum absolute atomic E-state index is 0. The first-order valence-corrected chi connectivity index (χ1v) is 3.97. The molecule has 56 valence electrons. The molecule has 10 heavy (non-hydrogen) atoms. The standard InChI is InChI=1S/C5H13NO2S.Na/c1-5(2,3)6-4-9(7)8;/h6H,4H2,1-3H3,(H,7,8);/q;+1/p-1. The summed E-state index contributed by atoms with van der Waals surface area (Å²) in [6.45, 7) is 5.75. The summed E-state index contributed by atoms with van der Waals surface area (Å²) in [6, 6.07) is 0. The van der Waals surface area contributed by atoms with Gasteiger partial charge in [-0.3, -0.25) is 4.21 Å². The van der Waals surface area contributed by atoms with Gasteiger partial charge in [0.25, 0.3) is 0 Å². The van der Waals surface area contributed by atoms with Crippen LogP contribution in [-0.2, 0) is 11.1 Å². The van der Waals surface area contributed by atoms with Crippen LogP contribution in [0.1, 0.15) is 20.8 Å². The molecule has 0 rings (SSSR count). The van der Waals surface area contributed by atoms with E-state index in [1.165, 1.54) is 0 Å². The van der Waals surface area contributed by atoms with Crippen LogP contribution >= 0.6 is 0 Å². The smallest absolute Gasteiger partial charge is 0.771 e. The summed E-state index contributed by atoms with van der Waals surface area (Å²) in [5, 5.41) is 2.81. The van der Waals surface area contributed by atoms with Gasteiger partial charge in [0.1, 0.15) is 0 Å². The molecule has 3 nitrogen and oxygen atoms in total. The van der Waals surface area contributed by atoms with Crippen molar-refractivity contribution in [2.45, 2.75) is 26.3 Å². The molecule has 0 bridgehead atoms. The van der Waals surface area contributed by atoms with Gasteiger partial charge < -0.3 is 9.87 Å². The molecule has 0 amide bonds. The zero-order chi connectivity index (χ0) is 7.49. The van der Waals surface area contributed by atoms with Gasteiger partial charge in [-0.25, -0.2) is 0 Å². The Hall–Kier alpha value is 1.07. The predicted molar refractivity (Wildman–Crippen MR) is 36.7 cm³/mol. The molecule has 0 aromatic rings. The summed E-state index contributed by atoms with van der Waals surface area (Å²) in [6.07, 6.45) is 0. The van der Waals surface area contributed by atoms with E-state index in [0.717, 1.165) is 0 Å². The van der Waals surface area contributed by atoms with Crippen molar-refractivity contribution in [3.8, 4) is 0 Å². The van der Waals surface area contributed by atoms with Crippen LogP contribution in [0, 0.1) is 0 Å². The van der Waals surface area contributed by atoms with E-state index >= 15 is 0 Å². The molecule has 0 radical (unpaired) electrons. The molecule has 0 aliphatic rings. The first-order chi connectivity index (χ1) is 3.92. The third-order valence-corrected chi connectivity index (χ3v) is 1.10. The van der Waals surface area contributed by atoms with Crippen molar-refractivity contribution in [3.05, 3.63) is 0 Å². The van der Waals surface area contributed by atoms with Crippen molar-refractivity contribution in [2.75, 3.05) is 5.88 Å². The summed E-state index contributed by atoms with van der Waals surface area (Å²) < 4.78 is 20.0. The molecule has 0 spiro atoms. The number of nitrogens with one attached hydrogen (secondary N) is 1. The van der Waals surface area contributed by atoms with Crippen LogP contribution in [0.4, 0.5) is 0 Å². The summed E-state index contributed by atoms with van der Waals surface area (Å²) >= 11 is -1.97. The van der Waals surface area contributed by atoms with Crippen molar-refractivity contribution >= 4 is 11.1 Å². The minimum atomic E-state index is -1.97. The van der Waals surface area contributed by atoms with E-state index in [4.69, 9.17) is 0 Å². The summed E-state index contributed by atoms with van der Waals surface area (Å²) in [5.74, 6) is 0.0312. The number of hydrogen-bond acceptors (Lipinski definition) is 3. The monoisotopic (exact) mass is 173 g/mol. The van der Waals surface area contributed by atoms with E-state index < -0.39 is 11.1 Å². The zero-order valence-electron chi connectivity index (χ0n) is 6.93. The van der Waals surface area contributed by atoms with E-state index in [-0.39, 0.29) is 41.0 Å². The average molecular weight is 173 g/mol. The molecule has 0 aliphatic carbocycles. The Balaban J connectivity index is 0. The van der Waals surface area contributed by atoms with Gasteiger partial charge in [-0.15, -0.1) is 0 Å². The van der Waals surface area contributed by atoms with E-state index in [0.29, 0.717) is 0 Å². The summed E-state index contributed by atoms with van der Waals surface area (Å²) in [4.78, 5) is 0. The fraction of sp³-hybridized carbons (Fsp3) is 1.00. The van der Waals surface area contributed by atoms with Crippen LogP contribution in [0.5, 0.6) is 0 Å². The molecular formula is C5H12NNaO2S. The zero-order valence-corrected chi connectivity index (χ0v) is 9.75. The van der Waals surface area contributed by atoms with Crippen LogP contribution in [0.2, 0.25) is 0 Å². The van der Waals surface area contributed by atoms with Crippen molar-refractivity contribution in [1.29, 1.82) is 0 Å². The molecule has 0 saturated carbocycles. The van der Waals surface area contributed by atoms with E-state index in [9.17, 15) is 8.76 Å². The van der Waals surface area contributed by atoms with E-state index in [1.807, 2.05) is 20.8 Å². The Bertz CT molecular complexity index is 113. The van der Waals surface area contributed by atoms with Gasteiger partial charge >= 0.3 is 29.6 Å². The molecule has 0 saturated heterocycles. The van der Waals surface area contributed by atoms with Gasteiger partial charge in [0, 0.05) is 5.54 Å². The van der Waals surface area contributed by atoms with Gasteiger partial charge in [-0.05, 0) is 31.9 Å². The third kappa shape index (κ3) is 11.8. The molecule has 5 heteroatoms. The molecule has 1 atom stereocenters. The van der Waals surface area contributed by atoms with Crippen molar-refractivity contribution in [3.63, 3.8) is 0 Å². The second-order valence-corrected chi connectivity index (χ2v) is 3.77. The first-order valence-electron chi connectivity index (χ1n) is 2.73. The van der Waals surface area contributed by atoms with Crippen molar-refractivity contribution < 1.29 is 38.3 Å². The number of hydrogen-bond donors (Lipinski definition) is 1. The van der Waals surface area contributed by atoms with Gasteiger partial charge in [-0.2, -0.15) is 0 Å². The van der Waals surface area contributed by atoms with Gasteiger partial charge in [-0.1, -0.05) is 0 Å². The Kier molecular flexibility index (Phi) is 7.76. The first kappa shape index (κ1) is 13.6. The molecule has 0 aromatic carbocycles. The maximum atomic E-state index is 9.98. The Morgan fingerprint density at radius 3 is 2.00 bits per heavy atom. The average Bonchev–Trinajstić information content (AvgIpc) is 1.59. The molecule has 0 fully saturated rings. The molecule has 0 aliphatic heterocycles. The normalized spacial score (nSPS) is 14.0. The fourth-order valence-corrected chi connectivity index (χ4v) is 0.826. The Morgan fingerprint density at radius 2 is 1.90 bits per heavy atom. The summed E-state index contributed by atoms with van der Waals surface area (Å²) in [5.41, 5.74) is -0.111. The van der Waals surface area contributed by atoms with Crippen LogP contribution in [0.3, 0.4) is 0 Å². The fourth-order valence-electron chi connectivity index (χ4n) is 0.275. The topological polar surface area (TPSA) is 52.2 Å². The quantitative estimate of drug-likeness (QED) is 0.363. The Labute approximate surface area is 86.5 Å². The van der Waals surface area contributed by atoms with Gasteiger partial charge in [0.05, 0.1) is 5.88 Å². The predicted octanol–water partition coefficient (Wildman–Crippen LogP) is -2.78. The second-order valence-electron chi connectivity index (χ2n) is 2.87.